The molecule has 0 aliphatic rings. The van der Waals surface area contributed by atoms with Crippen LogP contribution < -0.4 is 5.73 Å². The summed E-state index contributed by atoms with van der Waals surface area (Å²) in [6.45, 7) is 14.7. The predicted octanol–water partition coefficient (Wildman–Crippen LogP) is -0.135. The molecule has 0 saturated carbocycles. The molecule has 18 heteroatoms. The van der Waals surface area contributed by atoms with E-state index < -0.39 is 5.41 Å². The van der Waals surface area contributed by atoms with Crippen molar-refractivity contribution in [2.24, 2.45) is 11.1 Å². The molecule has 0 atom stereocenters. The van der Waals surface area contributed by atoms with Gasteiger partial charge in [0.05, 0.1) is 148 Å². The van der Waals surface area contributed by atoms with E-state index in [2.05, 4.69) is 30.9 Å². The minimum Gasteiger partial charge on any atom is -0.378 e. The molecule has 0 fully saturated rings. The van der Waals surface area contributed by atoms with Crippen LogP contribution in [0.3, 0.4) is 0 Å². The van der Waals surface area contributed by atoms with Crippen molar-refractivity contribution in [1.82, 2.24) is 45.0 Å². The van der Waals surface area contributed by atoms with Crippen LogP contribution >= 0.6 is 0 Å². The molecule has 3 heterocycles. The van der Waals surface area contributed by atoms with E-state index in [1.807, 2.05) is 39.4 Å². The average molecular weight is 683 g/mol. The SMILES string of the molecule is Cc1cn(CCOCCOCC(COCCOCCN)(COCCOCCn2cc(C)nn2)COCCOCCn2cc(C)nn2)nn1. The quantitative estimate of drug-likeness (QED) is 0.0882. The second kappa shape index (κ2) is 24.2. The molecule has 0 spiro atoms. The van der Waals surface area contributed by atoms with Crippen LogP contribution in [0.25, 0.3) is 0 Å². The monoisotopic (exact) mass is 682 g/mol. The Balaban J connectivity index is 1.45. The highest BCUT2D eigenvalue weighted by Gasteiger charge is 2.32. The molecule has 0 unspecified atom stereocenters. The zero-order valence-corrected chi connectivity index (χ0v) is 28.7. The Morgan fingerprint density at radius 1 is 0.458 bits per heavy atom. The second-order valence-corrected chi connectivity index (χ2v) is 11.3. The predicted molar refractivity (Wildman–Crippen MR) is 172 cm³/mol. The average Bonchev–Trinajstić information content (AvgIpc) is 3.82. The van der Waals surface area contributed by atoms with Gasteiger partial charge in [-0.1, -0.05) is 15.6 Å². The van der Waals surface area contributed by atoms with Gasteiger partial charge in [-0.15, -0.1) is 15.3 Å². The maximum Gasteiger partial charge on any atom is 0.0796 e. The fourth-order valence-corrected chi connectivity index (χ4v) is 4.36. The number of hydrogen-bond donors (Lipinski definition) is 1. The summed E-state index contributed by atoms with van der Waals surface area (Å²) < 4.78 is 52.3. The first kappa shape index (κ1) is 39.5. The van der Waals surface area contributed by atoms with Crippen LogP contribution in [0.1, 0.15) is 17.1 Å². The maximum atomic E-state index is 6.10. The van der Waals surface area contributed by atoms with Crippen LogP contribution in [-0.2, 0) is 57.5 Å². The number of nitrogens with two attached hydrogens (primary N) is 1. The highest BCUT2D eigenvalue weighted by Crippen LogP contribution is 2.21. The molecule has 0 saturated heterocycles. The van der Waals surface area contributed by atoms with Gasteiger partial charge in [0.2, 0.25) is 0 Å². The number of hydrogen-bond acceptors (Lipinski definition) is 15. The Morgan fingerprint density at radius 2 is 0.750 bits per heavy atom. The van der Waals surface area contributed by atoms with Crippen molar-refractivity contribution in [1.29, 1.82) is 0 Å². The van der Waals surface area contributed by atoms with Crippen molar-refractivity contribution in [3.63, 3.8) is 0 Å². The minimum atomic E-state index is -0.595. The van der Waals surface area contributed by atoms with E-state index in [1.54, 1.807) is 14.0 Å². The maximum absolute atomic E-state index is 6.10. The summed E-state index contributed by atoms with van der Waals surface area (Å²) in [4.78, 5) is 0. The van der Waals surface area contributed by atoms with Crippen molar-refractivity contribution in [3.8, 4) is 0 Å². The molecule has 0 aromatic carbocycles. The molecule has 272 valence electrons. The van der Waals surface area contributed by atoms with Gasteiger partial charge in [-0.05, 0) is 20.8 Å². The van der Waals surface area contributed by atoms with E-state index in [1.165, 1.54) is 0 Å². The van der Waals surface area contributed by atoms with Crippen molar-refractivity contribution in [2.45, 2.75) is 40.4 Å². The summed E-state index contributed by atoms with van der Waals surface area (Å²) in [5.74, 6) is 0. The molecule has 3 rings (SSSR count). The van der Waals surface area contributed by atoms with E-state index in [9.17, 15) is 0 Å². The van der Waals surface area contributed by atoms with E-state index in [0.717, 1.165) is 17.1 Å². The molecular weight excluding hydrogens is 628 g/mol. The molecular formula is C30H54N10O8. The minimum absolute atomic E-state index is 0.335. The summed E-state index contributed by atoms with van der Waals surface area (Å²) >= 11 is 0. The van der Waals surface area contributed by atoms with E-state index >= 15 is 0 Å². The zero-order valence-electron chi connectivity index (χ0n) is 28.7. The molecule has 0 bridgehead atoms. The van der Waals surface area contributed by atoms with Crippen LogP contribution in [-0.4, -0.2) is 157 Å². The number of ether oxygens (including phenoxy) is 8. The van der Waals surface area contributed by atoms with Crippen LogP contribution in [0.5, 0.6) is 0 Å². The molecule has 2 N–H and O–H groups in total. The largest absolute Gasteiger partial charge is 0.378 e. The van der Waals surface area contributed by atoms with E-state index in [-0.39, 0.29) is 0 Å². The molecule has 0 amide bonds. The first-order valence-corrected chi connectivity index (χ1v) is 16.4. The molecule has 0 aliphatic carbocycles. The number of rotatable bonds is 31. The van der Waals surface area contributed by atoms with Gasteiger partial charge in [-0.3, -0.25) is 0 Å². The molecule has 3 aromatic rings. The molecule has 3 aromatic heterocycles. The highest BCUT2D eigenvalue weighted by molar-refractivity contribution is 4.87. The Hall–Kier alpha value is -2.94. The van der Waals surface area contributed by atoms with Crippen molar-refractivity contribution >= 4 is 0 Å². The van der Waals surface area contributed by atoms with Crippen molar-refractivity contribution in [2.75, 3.05) is 112 Å². The summed E-state index contributed by atoms with van der Waals surface area (Å²) in [5.41, 5.74) is 7.55. The van der Waals surface area contributed by atoms with Gasteiger partial charge in [0.25, 0.3) is 0 Å². The molecule has 48 heavy (non-hydrogen) atoms. The molecule has 0 radical (unpaired) electrons. The lowest BCUT2D eigenvalue weighted by Gasteiger charge is -2.33. The van der Waals surface area contributed by atoms with Gasteiger partial charge in [0, 0.05) is 25.1 Å². The first-order valence-electron chi connectivity index (χ1n) is 16.4. The van der Waals surface area contributed by atoms with Gasteiger partial charge in [0.1, 0.15) is 0 Å². The number of aromatic nitrogens is 9. The lowest BCUT2D eigenvalue weighted by atomic mass is 9.92. The van der Waals surface area contributed by atoms with Gasteiger partial charge in [-0.25, -0.2) is 14.0 Å². The molecule has 0 aliphatic heterocycles. The Morgan fingerprint density at radius 3 is 1.02 bits per heavy atom. The highest BCUT2D eigenvalue weighted by atomic mass is 16.6. The third-order valence-corrected chi connectivity index (χ3v) is 6.74. The van der Waals surface area contributed by atoms with Gasteiger partial charge in [-0.2, -0.15) is 0 Å². The molecule has 18 nitrogen and oxygen atoms in total. The van der Waals surface area contributed by atoms with Crippen LogP contribution in [0.2, 0.25) is 0 Å². The van der Waals surface area contributed by atoms with Gasteiger partial charge < -0.3 is 43.6 Å². The lowest BCUT2D eigenvalue weighted by Crippen LogP contribution is -2.43. The van der Waals surface area contributed by atoms with Crippen LogP contribution in [0.4, 0.5) is 0 Å². The standard InChI is InChI=1S/C30H54N10O8/c1-27-20-38(35-32-27)5-9-42-13-17-46-24-30(23-45-16-12-41-8-4-31,25-47-18-14-43-10-6-39-21-28(2)33-36-39)26-48-19-15-44-11-7-40-22-29(3)34-37-40/h20-22H,4-19,23-26,31H2,1-3H3. The van der Waals surface area contributed by atoms with Crippen molar-refractivity contribution < 1.29 is 37.9 Å². The second-order valence-electron chi connectivity index (χ2n) is 11.3. The smallest absolute Gasteiger partial charge is 0.0796 e. The fraction of sp³-hybridized carbons (Fsp3) is 0.800. The summed E-state index contributed by atoms with van der Waals surface area (Å²) in [7, 11) is 0. The lowest BCUT2D eigenvalue weighted by molar-refractivity contribution is -0.121. The summed E-state index contributed by atoms with van der Waals surface area (Å²) in [6, 6.07) is 0. The van der Waals surface area contributed by atoms with Crippen LogP contribution in [0, 0.1) is 26.2 Å². The number of aryl methyl sites for hydroxylation is 3. The third kappa shape index (κ3) is 17.5. The topological polar surface area (TPSA) is 192 Å². The summed E-state index contributed by atoms with van der Waals surface area (Å²) in [5, 5.41) is 24.1. The van der Waals surface area contributed by atoms with E-state index in [4.69, 9.17) is 43.6 Å². The van der Waals surface area contributed by atoms with Crippen molar-refractivity contribution in [3.05, 3.63) is 35.7 Å². The first-order chi connectivity index (χ1) is 23.5. The fourth-order valence-electron chi connectivity index (χ4n) is 4.36. The third-order valence-electron chi connectivity index (χ3n) is 6.74. The Bertz CT molecular complexity index is 1080. The van der Waals surface area contributed by atoms with Crippen LogP contribution in [0.15, 0.2) is 18.6 Å². The van der Waals surface area contributed by atoms with Gasteiger partial charge >= 0.3 is 0 Å². The van der Waals surface area contributed by atoms with E-state index in [0.29, 0.717) is 132 Å². The summed E-state index contributed by atoms with van der Waals surface area (Å²) in [6.07, 6.45) is 5.63. The zero-order chi connectivity index (χ0) is 34.1. The Kier molecular flexibility index (Phi) is 19.9. The number of nitrogens with zero attached hydrogens (tertiary/aromatic N) is 9. The van der Waals surface area contributed by atoms with Gasteiger partial charge in [0.15, 0.2) is 0 Å². The Labute approximate surface area is 282 Å². The normalized spacial score (nSPS) is 12.0.